The summed E-state index contributed by atoms with van der Waals surface area (Å²) in [5.41, 5.74) is 2.48. The summed E-state index contributed by atoms with van der Waals surface area (Å²) in [7, 11) is 0. The van der Waals surface area contributed by atoms with E-state index in [1.54, 1.807) is 0 Å². The quantitative estimate of drug-likeness (QED) is 0.867. The van der Waals surface area contributed by atoms with Gasteiger partial charge in [0.2, 0.25) is 5.91 Å². The first-order chi connectivity index (χ1) is 10.1. The summed E-state index contributed by atoms with van der Waals surface area (Å²) in [4.78, 5) is 12.5. The minimum absolute atomic E-state index is 0.225. The zero-order valence-corrected chi connectivity index (χ0v) is 12.9. The van der Waals surface area contributed by atoms with E-state index in [-0.39, 0.29) is 5.91 Å². The summed E-state index contributed by atoms with van der Waals surface area (Å²) in [6.07, 6.45) is 8.99. The summed E-state index contributed by atoms with van der Waals surface area (Å²) >= 11 is 0. The van der Waals surface area contributed by atoms with Gasteiger partial charge in [-0.2, -0.15) is 0 Å². The molecule has 21 heavy (non-hydrogen) atoms. The molecule has 2 nitrogen and oxygen atoms in total. The molecule has 112 valence electrons. The van der Waals surface area contributed by atoms with Gasteiger partial charge in [0.25, 0.3) is 0 Å². The molecule has 1 aromatic carbocycles. The molecular formula is C19H25NO. The molecule has 2 heteroatoms. The maximum absolute atomic E-state index is 12.5. The summed E-state index contributed by atoms with van der Waals surface area (Å²) in [6, 6.07) is 8.12. The minimum Gasteiger partial charge on any atom is -0.326 e. The third kappa shape index (κ3) is 2.61. The van der Waals surface area contributed by atoms with Crippen molar-refractivity contribution < 1.29 is 4.79 Å². The van der Waals surface area contributed by atoms with Gasteiger partial charge >= 0.3 is 0 Å². The molecule has 0 heterocycles. The smallest absolute Gasteiger partial charge is 0.224 e. The number of nitrogens with one attached hydrogen (secondary N) is 1. The van der Waals surface area contributed by atoms with Crippen LogP contribution in [0.1, 0.15) is 50.5 Å². The molecule has 1 amide bonds. The number of rotatable bonds is 3. The Hall–Kier alpha value is -1.31. The summed E-state index contributed by atoms with van der Waals surface area (Å²) in [5.74, 6) is 2.98. The van der Waals surface area contributed by atoms with Crippen LogP contribution in [0.4, 0.5) is 5.69 Å². The van der Waals surface area contributed by atoms with Gasteiger partial charge in [0.15, 0.2) is 0 Å². The van der Waals surface area contributed by atoms with E-state index in [9.17, 15) is 4.79 Å². The summed E-state index contributed by atoms with van der Waals surface area (Å²) in [6.45, 7) is 2.06. The second-order valence-electron chi connectivity index (χ2n) is 8.01. The third-order valence-electron chi connectivity index (χ3n) is 6.00. The van der Waals surface area contributed by atoms with Crippen molar-refractivity contribution in [3.05, 3.63) is 29.8 Å². The van der Waals surface area contributed by atoms with Gasteiger partial charge in [-0.3, -0.25) is 4.79 Å². The van der Waals surface area contributed by atoms with E-state index in [4.69, 9.17) is 0 Å². The number of hydrogen-bond donors (Lipinski definition) is 1. The van der Waals surface area contributed by atoms with E-state index >= 15 is 0 Å². The molecule has 4 saturated carbocycles. The monoisotopic (exact) mass is 283 g/mol. The summed E-state index contributed by atoms with van der Waals surface area (Å²) < 4.78 is 0. The predicted molar refractivity (Wildman–Crippen MR) is 85.0 cm³/mol. The maximum Gasteiger partial charge on any atom is 0.224 e. The van der Waals surface area contributed by atoms with Crippen molar-refractivity contribution in [1.82, 2.24) is 0 Å². The Morgan fingerprint density at radius 2 is 1.76 bits per heavy atom. The molecule has 0 aliphatic heterocycles. The average Bonchev–Trinajstić information content (AvgIpc) is 2.35. The van der Waals surface area contributed by atoms with Crippen LogP contribution < -0.4 is 5.32 Å². The molecule has 0 saturated heterocycles. The van der Waals surface area contributed by atoms with Gasteiger partial charge in [-0.1, -0.05) is 12.1 Å². The predicted octanol–water partition coefficient (Wildman–Crippen LogP) is 4.54. The van der Waals surface area contributed by atoms with Gasteiger partial charge in [0.1, 0.15) is 0 Å². The van der Waals surface area contributed by atoms with Crippen LogP contribution >= 0.6 is 0 Å². The van der Waals surface area contributed by atoms with Crippen LogP contribution in [0.25, 0.3) is 0 Å². The van der Waals surface area contributed by atoms with Crippen molar-refractivity contribution in [1.29, 1.82) is 0 Å². The number of aryl methyl sites for hydroxylation is 1. The molecule has 4 fully saturated rings. The number of carbonyl (C=O) groups excluding carboxylic acids is 1. The molecule has 0 radical (unpaired) electrons. The molecular weight excluding hydrogens is 258 g/mol. The lowest BCUT2D eigenvalue weighted by Gasteiger charge is -2.56. The second-order valence-corrected chi connectivity index (χ2v) is 8.01. The van der Waals surface area contributed by atoms with Crippen molar-refractivity contribution >= 4 is 11.6 Å². The van der Waals surface area contributed by atoms with Crippen molar-refractivity contribution in [2.45, 2.75) is 51.9 Å². The molecule has 0 aromatic heterocycles. The normalized spacial score (nSPS) is 36.7. The molecule has 4 aliphatic rings. The van der Waals surface area contributed by atoms with Crippen molar-refractivity contribution in [2.24, 2.45) is 23.2 Å². The fourth-order valence-electron chi connectivity index (χ4n) is 5.78. The molecule has 1 aromatic rings. The molecule has 4 bridgehead atoms. The summed E-state index contributed by atoms with van der Waals surface area (Å²) in [5, 5.41) is 3.12. The van der Waals surface area contributed by atoms with E-state index in [0.717, 1.165) is 29.9 Å². The van der Waals surface area contributed by atoms with Crippen LogP contribution in [0.5, 0.6) is 0 Å². The number of anilines is 1. The Labute approximate surface area is 127 Å². The third-order valence-corrected chi connectivity index (χ3v) is 6.00. The molecule has 0 unspecified atom stereocenters. The molecule has 0 atom stereocenters. The molecule has 0 spiro atoms. The Morgan fingerprint density at radius 1 is 1.14 bits per heavy atom. The zero-order valence-electron chi connectivity index (χ0n) is 12.9. The molecule has 5 rings (SSSR count). The van der Waals surface area contributed by atoms with Crippen molar-refractivity contribution in [2.75, 3.05) is 5.32 Å². The SMILES string of the molecule is Cc1cccc(NC(=O)CC23CC4CC(CC(C4)C2)C3)c1. The second kappa shape index (κ2) is 4.86. The van der Waals surface area contributed by atoms with Gasteiger partial charge in [-0.25, -0.2) is 0 Å². The lowest BCUT2D eigenvalue weighted by molar-refractivity contribution is -0.124. The topological polar surface area (TPSA) is 29.1 Å². The van der Waals surface area contributed by atoms with Gasteiger partial charge in [-0.05, 0) is 86.3 Å². The van der Waals surface area contributed by atoms with Gasteiger partial charge in [0, 0.05) is 12.1 Å². The Kier molecular flexibility index (Phi) is 3.09. The number of carbonyl (C=O) groups is 1. The lowest BCUT2D eigenvalue weighted by atomic mass is 9.49. The Bertz CT molecular complexity index is 527. The first-order valence-corrected chi connectivity index (χ1v) is 8.47. The van der Waals surface area contributed by atoms with E-state index in [1.807, 2.05) is 12.1 Å². The van der Waals surface area contributed by atoms with Crippen molar-refractivity contribution in [3.63, 3.8) is 0 Å². The minimum atomic E-state index is 0.225. The van der Waals surface area contributed by atoms with Crippen LogP contribution in [0.3, 0.4) is 0 Å². The first-order valence-electron chi connectivity index (χ1n) is 8.47. The molecule has 4 aliphatic carbocycles. The van der Waals surface area contributed by atoms with Crippen LogP contribution in [0.15, 0.2) is 24.3 Å². The van der Waals surface area contributed by atoms with Gasteiger partial charge < -0.3 is 5.32 Å². The van der Waals surface area contributed by atoms with Crippen LogP contribution in [0, 0.1) is 30.1 Å². The highest BCUT2D eigenvalue weighted by atomic mass is 16.1. The van der Waals surface area contributed by atoms with E-state index in [1.165, 1.54) is 44.1 Å². The first kappa shape index (κ1) is 13.4. The number of amides is 1. The van der Waals surface area contributed by atoms with Crippen LogP contribution in [-0.2, 0) is 4.79 Å². The van der Waals surface area contributed by atoms with E-state index < -0.39 is 0 Å². The Balaban J connectivity index is 1.45. The fourth-order valence-corrected chi connectivity index (χ4v) is 5.78. The largest absolute Gasteiger partial charge is 0.326 e. The zero-order chi connectivity index (χ0) is 14.4. The standard InChI is InChI=1S/C19H25NO/c1-13-3-2-4-17(5-13)20-18(21)12-19-9-14-6-15(10-19)8-16(7-14)11-19/h2-5,14-16H,6-12H2,1H3,(H,20,21). The van der Waals surface area contributed by atoms with Gasteiger partial charge in [-0.15, -0.1) is 0 Å². The highest BCUT2D eigenvalue weighted by Crippen LogP contribution is 2.61. The highest BCUT2D eigenvalue weighted by Gasteiger charge is 2.51. The van der Waals surface area contributed by atoms with Crippen LogP contribution in [-0.4, -0.2) is 5.91 Å². The fraction of sp³-hybridized carbons (Fsp3) is 0.632. The van der Waals surface area contributed by atoms with Crippen LogP contribution in [0.2, 0.25) is 0 Å². The number of hydrogen-bond acceptors (Lipinski definition) is 1. The highest BCUT2D eigenvalue weighted by molar-refractivity contribution is 5.91. The lowest BCUT2D eigenvalue weighted by Crippen LogP contribution is -2.47. The van der Waals surface area contributed by atoms with Crippen molar-refractivity contribution in [3.8, 4) is 0 Å². The average molecular weight is 283 g/mol. The van der Waals surface area contributed by atoms with E-state index in [0.29, 0.717) is 5.41 Å². The maximum atomic E-state index is 12.5. The van der Waals surface area contributed by atoms with E-state index in [2.05, 4.69) is 24.4 Å². The number of benzene rings is 1. The molecule has 1 N–H and O–H groups in total. The Morgan fingerprint density at radius 3 is 2.33 bits per heavy atom. The van der Waals surface area contributed by atoms with Gasteiger partial charge in [0.05, 0.1) is 0 Å².